The molecule has 2 N–H and O–H groups in total. The first-order valence-corrected chi connectivity index (χ1v) is 7.43. The van der Waals surface area contributed by atoms with E-state index < -0.39 is 5.97 Å². The average molecular weight is 302 g/mol. The molecule has 0 atom stereocenters. The normalized spacial score (nSPS) is 11.4. The number of fused-ring (bicyclic) bond motifs is 1. The first-order valence-electron chi connectivity index (χ1n) is 7.43. The summed E-state index contributed by atoms with van der Waals surface area (Å²) >= 11 is 0. The van der Waals surface area contributed by atoms with Gasteiger partial charge in [-0.25, -0.2) is 0 Å². The van der Waals surface area contributed by atoms with Gasteiger partial charge in [0.2, 0.25) is 0 Å². The van der Waals surface area contributed by atoms with Gasteiger partial charge in [0.25, 0.3) is 5.91 Å². The van der Waals surface area contributed by atoms with Crippen LogP contribution in [-0.2, 0) is 20.7 Å². The van der Waals surface area contributed by atoms with Crippen LogP contribution in [0.1, 0.15) is 32.8 Å². The number of hydrogen-bond donors (Lipinski definition) is 2. The summed E-state index contributed by atoms with van der Waals surface area (Å²) in [6, 6.07) is 7.75. The highest BCUT2D eigenvalue weighted by Crippen LogP contribution is 2.18. The smallest absolute Gasteiger partial charge is 0.310 e. The molecule has 5 heteroatoms. The molecule has 118 valence electrons. The number of carbonyl (C=O) groups is 2. The van der Waals surface area contributed by atoms with Crippen LogP contribution in [0, 0.1) is 0 Å². The molecule has 1 aromatic carbocycles. The van der Waals surface area contributed by atoms with E-state index in [4.69, 9.17) is 4.74 Å². The fourth-order valence-corrected chi connectivity index (χ4v) is 2.13. The highest BCUT2D eigenvalue weighted by molar-refractivity contribution is 5.88. The van der Waals surface area contributed by atoms with Crippen molar-refractivity contribution in [3.05, 3.63) is 36.0 Å². The summed E-state index contributed by atoms with van der Waals surface area (Å²) in [5, 5.41) is 3.82. The number of rotatable bonds is 6. The maximum atomic E-state index is 11.9. The number of para-hydroxylation sites is 1. The van der Waals surface area contributed by atoms with E-state index in [1.807, 2.05) is 45.0 Å². The molecule has 0 aliphatic rings. The first-order chi connectivity index (χ1) is 10.4. The Bertz CT molecular complexity index is 673. The van der Waals surface area contributed by atoms with E-state index in [0.29, 0.717) is 0 Å². The van der Waals surface area contributed by atoms with Gasteiger partial charge in [0.1, 0.15) is 0 Å². The van der Waals surface area contributed by atoms with Crippen LogP contribution < -0.4 is 5.32 Å². The van der Waals surface area contributed by atoms with Crippen LogP contribution in [-0.4, -0.2) is 29.0 Å². The number of aromatic nitrogens is 1. The van der Waals surface area contributed by atoms with Crippen molar-refractivity contribution in [2.24, 2.45) is 0 Å². The van der Waals surface area contributed by atoms with Gasteiger partial charge in [-0.1, -0.05) is 25.1 Å². The Hall–Kier alpha value is -2.30. The van der Waals surface area contributed by atoms with Gasteiger partial charge in [0.05, 0.1) is 6.42 Å². The molecule has 22 heavy (non-hydrogen) atoms. The molecule has 5 nitrogen and oxygen atoms in total. The number of ether oxygens (including phenoxy) is 1. The molecular formula is C17H22N2O3. The van der Waals surface area contributed by atoms with E-state index in [1.165, 1.54) is 0 Å². The third kappa shape index (κ3) is 4.10. The Morgan fingerprint density at radius 1 is 1.27 bits per heavy atom. The van der Waals surface area contributed by atoms with E-state index in [0.717, 1.165) is 22.9 Å². The van der Waals surface area contributed by atoms with Crippen LogP contribution in [0.5, 0.6) is 0 Å². The zero-order valence-corrected chi connectivity index (χ0v) is 13.2. The summed E-state index contributed by atoms with van der Waals surface area (Å²) in [5.74, 6) is -0.687. The molecule has 1 aromatic heterocycles. The number of nitrogens with one attached hydrogen (secondary N) is 2. The number of carbonyl (C=O) groups excluding carboxylic acids is 2. The van der Waals surface area contributed by atoms with E-state index in [-0.39, 0.29) is 24.5 Å². The monoisotopic (exact) mass is 302 g/mol. The first kappa shape index (κ1) is 16.1. The fourth-order valence-electron chi connectivity index (χ4n) is 2.13. The molecule has 0 aliphatic heterocycles. The summed E-state index contributed by atoms with van der Waals surface area (Å²) < 4.78 is 5.05. The van der Waals surface area contributed by atoms with Crippen molar-refractivity contribution in [2.45, 2.75) is 39.2 Å². The highest BCUT2D eigenvalue weighted by Gasteiger charge is 2.19. The molecule has 0 saturated heterocycles. The molecule has 0 fully saturated rings. The van der Waals surface area contributed by atoms with Gasteiger partial charge in [0.15, 0.2) is 6.61 Å². The van der Waals surface area contributed by atoms with Gasteiger partial charge in [-0.2, -0.15) is 0 Å². The summed E-state index contributed by atoms with van der Waals surface area (Å²) in [7, 11) is 0. The Labute approximate surface area is 130 Å². The lowest BCUT2D eigenvalue weighted by atomic mass is 10.0. The van der Waals surface area contributed by atoms with Gasteiger partial charge in [-0.05, 0) is 31.9 Å². The van der Waals surface area contributed by atoms with Gasteiger partial charge >= 0.3 is 5.97 Å². The Kier molecular flexibility index (Phi) is 4.85. The Balaban J connectivity index is 1.87. The zero-order valence-electron chi connectivity index (χ0n) is 13.2. The SMILES string of the molecule is CCC(C)(C)NC(=O)COC(=O)Cc1c[nH]c2ccccc12. The second-order valence-electron chi connectivity index (χ2n) is 5.98. The van der Waals surface area contributed by atoms with Gasteiger partial charge < -0.3 is 15.0 Å². The van der Waals surface area contributed by atoms with Crippen LogP contribution in [0.15, 0.2) is 30.5 Å². The van der Waals surface area contributed by atoms with E-state index in [1.54, 1.807) is 6.20 Å². The minimum absolute atomic E-state index is 0.147. The van der Waals surface area contributed by atoms with Crippen LogP contribution in [0.3, 0.4) is 0 Å². The summed E-state index contributed by atoms with van der Waals surface area (Å²) in [4.78, 5) is 26.7. The summed E-state index contributed by atoms with van der Waals surface area (Å²) in [6.45, 7) is 5.60. The van der Waals surface area contributed by atoms with Crippen LogP contribution in [0.2, 0.25) is 0 Å². The van der Waals surface area contributed by atoms with Crippen molar-refractivity contribution >= 4 is 22.8 Å². The molecule has 0 saturated carbocycles. The molecule has 1 amide bonds. The number of H-pyrrole nitrogens is 1. The molecule has 1 heterocycles. The van der Waals surface area contributed by atoms with Crippen molar-refractivity contribution in [2.75, 3.05) is 6.61 Å². The number of amides is 1. The summed E-state index contributed by atoms with van der Waals surface area (Å²) in [6.07, 6.45) is 2.75. The second-order valence-corrected chi connectivity index (χ2v) is 5.98. The van der Waals surface area contributed by atoms with E-state index in [2.05, 4.69) is 10.3 Å². The zero-order chi connectivity index (χ0) is 16.2. The second kappa shape index (κ2) is 6.64. The maximum absolute atomic E-state index is 11.9. The fraction of sp³-hybridized carbons (Fsp3) is 0.412. The quantitative estimate of drug-likeness (QED) is 0.806. The standard InChI is InChI=1S/C17H22N2O3/c1-4-17(2,3)19-15(20)11-22-16(21)9-12-10-18-14-8-6-5-7-13(12)14/h5-8,10,18H,4,9,11H2,1-3H3,(H,19,20). The van der Waals surface area contributed by atoms with Crippen molar-refractivity contribution in [1.29, 1.82) is 0 Å². The number of aromatic amines is 1. The van der Waals surface area contributed by atoms with Gasteiger partial charge in [-0.15, -0.1) is 0 Å². The van der Waals surface area contributed by atoms with E-state index in [9.17, 15) is 9.59 Å². The molecule has 0 spiro atoms. The van der Waals surface area contributed by atoms with Gasteiger partial charge in [-0.3, -0.25) is 9.59 Å². The molecule has 0 unspecified atom stereocenters. The Morgan fingerprint density at radius 2 is 2.00 bits per heavy atom. The van der Waals surface area contributed by atoms with Crippen molar-refractivity contribution in [3.63, 3.8) is 0 Å². The number of hydrogen-bond acceptors (Lipinski definition) is 3. The third-order valence-corrected chi connectivity index (χ3v) is 3.74. The predicted octanol–water partition coefficient (Wildman–Crippen LogP) is 2.56. The van der Waals surface area contributed by atoms with Crippen molar-refractivity contribution in [1.82, 2.24) is 10.3 Å². The van der Waals surface area contributed by atoms with Crippen molar-refractivity contribution in [3.8, 4) is 0 Å². The van der Waals surface area contributed by atoms with Gasteiger partial charge in [0, 0.05) is 22.6 Å². The predicted molar refractivity (Wildman–Crippen MR) is 85.5 cm³/mol. The number of benzene rings is 1. The minimum Gasteiger partial charge on any atom is -0.455 e. The lowest BCUT2D eigenvalue weighted by molar-refractivity contribution is -0.148. The van der Waals surface area contributed by atoms with E-state index >= 15 is 0 Å². The topological polar surface area (TPSA) is 71.2 Å². The third-order valence-electron chi connectivity index (χ3n) is 3.74. The molecular weight excluding hydrogens is 280 g/mol. The molecule has 0 radical (unpaired) electrons. The maximum Gasteiger partial charge on any atom is 0.310 e. The lowest BCUT2D eigenvalue weighted by Gasteiger charge is -2.24. The molecule has 0 aliphatic carbocycles. The van der Waals surface area contributed by atoms with Crippen molar-refractivity contribution < 1.29 is 14.3 Å². The average Bonchev–Trinajstić information content (AvgIpc) is 2.88. The molecule has 2 aromatic rings. The Morgan fingerprint density at radius 3 is 2.73 bits per heavy atom. The van der Waals surface area contributed by atoms with Crippen LogP contribution in [0.25, 0.3) is 10.9 Å². The minimum atomic E-state index is -0.408. The molecule has 2 rings (SSSR count). The number of esters is 1. The summed E-state index contributed by atoms with van der Waals surface area (Å²) in [5.41, 5.74) is 1.56. The highest BCUT2D eigenvalue weighted by atomic mass is 16.5. The lowest BCUT2D eigenvalue weighted by Crippen LogP contribution is -2.44. The van der Waals surface area contributed by atoms with Crippen LogP contribution >= 0.6 is 0 Å². The molecule has 0 bridgehead atoms. The largest absolute Gasteiger partial charge is 0.455 e. The van der Waals surface area contributed by atoms with Crippen LogP contribution in [0.4, 0.5) is 0 Å².